The van der Waals surface area contributed by atoms with Crippen LogP contribution in [-0.4, -0.2) is 19.6 Å². The highest BCUT2D eigenvalue weighted by Gasteiger charge is 2.24. The third kappa shape index (κ3) is 7.20. The Bertz CT molecular complexity index is 3140. The minimum Gasteiger partial charge on any atom is -0.507 e. The normalized spacial score (nSPS) is 14.6. The molecule has 0 bridgehead atoms. The lowest BCUT2D eigenvalue weighted by Crippen LogP contribution is -2.11. The van der Waals surface area contributed by atoms with E-state index in [1.54, 1.807) is 12.1 Å². The van der Waals surface area contributed by atoms with Crippen molar-refractivity contribution in [3.63, 3.8) is 0 Å². The first kappa shape index (κ1) is 25.7. The van der Waals surface area contributed by atoms with Gasteiger partial charge in [0.2, 0.25) is 0 Å². The zero-order chi connectivity index (χ0) is 46.9. The Labute approximate surface area is 338 Å². The molecule has 55 heavy (non-hydrogen) atoms. The monoisotopic (exact) mass is 727 g/mol. The molecule has 8 rings (SSSR count). The van der Waals surface area contributed by atoms with Gasteiger partial charge in [0.15, 0.2) is 0 Å². The molecule has 0 aliphatic rings. The van der Waals surface area contributed by atoms with Gasteiger partial charge >= 0.3 is 0 Å². The van der Waals surface area contributed by atoms with Gasteiger partial charge in [-0.2, -0.15) is 0 Å². The molecule has 4 nitrogen and oxygen atoms in total. The number of nitrogens with zero attached hydrogens (tertiary/aromatic N) is 3. The van der Waals surface area contributed by atoms with Crippen LogP contribution in [-0.2, 0) is 11.8 Å². The largest absolute Gasteiger partial charge is 0.507 e. The van der Waals surface area contributed by atoms with E-state index in [0.717, 1.165) is 39.9 Å². The summed E-state index contributed by atoms with van der Waals surface area (Å²) in [4.78, 5) is 9.75. The van der Waals surface area contributed by atoms with Crippen molar-refractivity contribution in [1.82, 2.24) is 14.5 Å². The van der Waals surface area contributed by atoms with Crippen LogP contribution in [0.15, 0.2) is 152 Å². The van der Waals surface area contributed by atoms with E-state index in [9.17, 15) is 6.48 Å². The molecule has 2 aromatic heterocycles. The fourth-order valence-electron chi connectivity index (χ4n) is 7.01. The number of hydrogen-bond acceptors (Lipinski definition) is 3. The maximum atomic E-state index is 11.4. The first-order valence-corrected chi connectivity index (χ1v) is 18.4. The molecule has 6 aromatic carbocycles. The molecule has 0 amide bonds. The van der Waals surface area contributed by atoms with Gasteiger partial charge in [-0.3, -0.25) is 9.55 Å². The highest BCUT2D eigenvalue weighted by Crippen LogP contribution is 2.42. The highest BCUT2D eigenvalue weighted by atomic mass is 16.3. The van der Waals surface area contributed by atoms with Crippen LogP contribution in [0.1, 0.15) is 65.0 Å². The zero-order valence-electron chi connectivity index (χ0n) is 41.5. The Morgan fingerprint density at radius 3 is 2.20 bits per heavy atom. The van der Waals surface area contributed by atoms with Gasteiger partial charge in [-0.25, -0.2) is 4.98 Å². The minimum absolute atomic E-state index is 0.0355. The molecule has 1 N–H and O–H groups in total. The number of hydrogen-bond donors (Lipinski definition) is 1. The third-order valence-corrected chi connectivity index (χ3v) is 9.71. The molecule has 0 unspecified atom stereocenters. The number of phenolic OH excluding ortho intramolecular Hbond substituents is 1. The van der Waals surface area contributed by atoms with Gasteiger partial charge in [0.25, 0.3) is 0 Å². The summed E-state index contributed by atoms with van der Waals surface area (Å²) in [5.41, 5.74) is 6.54. The lowest BCUT2D eigenvalue weighted by Gasteiger charge is -2.22. The summed E-state index contributed by atoms with van der Waals surface area (Å²) in [6.07, 6.45) is 0.324. The van der Waals surface area contributed by atoms with Gasteiger partial charge in [-0.15, -0.1) is 0 Å². The van der Waals surface area contributed by atoms with Crippen LogP contribution < -0.4 is 0 Å². The number of phenols is 1. The molecule has 0 radical (unpaired) electrons. The molecule has 0 atom stereocenters. The number of aromatic nitrogens is 3. The van der Waals surface area contributed by atoms with Crippen LogP contribution in [0.2, 0.25) is 0 Å². The quantitative estimate of drug-likeness (QED) is 0.170. The van der Waals surface area contributed by atoms with Crippen molar-refractivity contribution < 1.29 is 18.8 Å². The Morgan fingerprint density at radius 2 is 1.45 bits per heavy atom. The molecular formula is C51H47N3O. The van der Waals surface area contributed by atoms with Gasteiger partial charge in [-0.1, -0.05) is 131 Å². The highest BCUT2D eigenvalue weighted by molar-refractivity contribution is 5.97. The molecule has 0 spiro atoms. The second kappa shape index (κ2) is 14.5. The minimum atomic E-state index is -2.96. The van der Waals surface area contributed by atoms with E-state index in [0.29, 0.717) is 33.9 Å². The van der Waals surface area contributed by atoms with Gasteiger partial charge < -0.3 is 5.11 Å². The molecule has 0 saturated heterocycles. The van der Waals surface area contributed by atoms with E-state index in [2.05, 4.69) is 53.7 Å². The summed E-state index contributed by atoms with van der Waals surface area (Å²) >= 11 is 0. The summed E-state index contributed by atoms with van der Waals surface area (Å²) in [6, 6.07) is 31.2. The third-order valence-electron chi connectivity index (χ3n) is 9.71. The maximum Gasteiger partial charge on any atom is 0.149 e. The molecule has 8 aromatic rings. The smallest absolute Gasteiger partial charge is 0.149 e. The van der Waals surface area contributed by atoms with Crippen LogP contribution in [0.5, 0.6) is 5.75 Å². The van der Waals surface area contributed by atoms with Gasteiger partial charge in [0.05, 0.1) is 37.6 Å². The molecule has 0 saturated carbocycles. The maximum absolute atomic E-state index is 11.4. The molecule has 0 aliphatic carbocycles. The topological polar surface area (TPSA) is 50.9 Å². The van der Waals surface area contributed by atoms with Gasteiger partial charge in [0, 0.05) is 27.0 Å². The average Bonchev–Trinajstić information content (AvgIpc) is 3.64. The predicted molar refractivity (Wildman–Crippen MR) is 230 cm³/mol. The average molecular weight is 728 g/mol. The van der Waals surface area contributed by atoms with Gasteiger partial charge in [0.1, 0.15) is 11.6 Å². The first-order chi connectivity index (χ1) is 30.7. The van der Waals surface area contributed by atoms with Crippen molar-refractivity contribution in [2.75, 3.05) is 0 Å². The van der Waals surface area contributed by atoms with Crippen LogP contribution in [0, 0.1) is 12.8 Å². The number of fused-ring (bicyclic) bond motifs is 1. The Kier molecular flexibility index (Phi) is 6.79. The first-order valence-electron chi connectivity index (χ1n) is 23.4. The standard InChI is InChI=1S/C51H47N3O/c1-33(2)27-35-21-24-46(44(28-35)37-13-8-7-9-14-37)54-47-17-12-16-42(49(47)53-50(54)43-15-10-11-18-48(43)55)39-29-40(31-41(30-39)51(4,5)6)45-32-38(25-26-52-45)36-22-19-34(3)20-23-36/h7-26,28-33,55H,27H2,1-6H3/i3D3,19D,20D,22D,23D,25D,26D,32D. The van der Waals surface area contributed by atoms with Crippen LogP contribution in [0.3, 0.4) is 0 Å². The molecule has 4 heteroatoms. The number of para-hydroxylation sites is 2. The summed E-state index contributed by atoms with van der Waals surface area (Å²) in [6.45, 7) is 7.54. The number of imidazole rings is 1. The lowest BCUT2D eigenvalue weighted by atomic mass is 9.83. The van der Waals surface area contributed by atoms with E-state index in [1.807, 2.05) is 87.5 Å². The van der Waals surface area contributed by atoms with Crippen molar-refractivity contribution in [1.29, 1.82) is 0 Å². The summed E-state index contributed by atoms with van der Waals surface area (Å²) in [5.74, 6) is 1.01. The van der Waals surface area contributed by atoms with E-state index in [-0.39, 0.29) is 17.0 Å². The Balaban J connectivity index is 1.41. The summed E-state index contributed by atoms with van der Waals surface area (Å²) in [5, 5.41) is 11.4. The number of rotatable bonds is 8. The molecule has 0 fully saturated rings. The molecule has 2 heterocycles. The Hall–Kier alpha value is -6.26. The van der Waals surface area contributed by atoms with Crippen LogP contribution in [0.25, 0.3) is 72.7 Å². The van der Waals surface area contributed by atoms with E-state index in [1.165, 1.54) is 5.56 Å². The van der Waals surface area contributed by atoms with Gasteiger partial charge in [-0.05, 0) is 113 Å². The fourth-order valence-corrected chi connectivity index (χ4v) is 7.01. The van der Waals surface area contributed by atoms with Crippen molar-refractivity contribution in [2.45, 2.75) is 53.3 Å². The van der Waals surface area contributed by atoms with E-state index in [4.69, 9.17) is 17.3 Å². The van der Waals surface area contributed by atoms with Crippen LogP contribution >= 0.6 is 0 Å². The van der Waals surface area contributed by atoms with Crippen LogP contribution in [0.4, 0.5) is 0 Å². The summed E-state index contributed by atoms with van der Waals surface area (Å²) < 4.78 is 87.6. The number of benzene rings is 6. The van der Waals surface area contributed by atoms with Crippen molar-refractivity contribution in [3.05, 3.63) is 168 Å². The Morgan fingerprint density at radius 1 is 0.709 bits per heavy atom. The number of pyridine rings is 1. The second-order valence-electron chi connectivity index (χ2n) is 15.3. The van der Waals surface area contributed by atoms with Crippen molar-refractivity contribution >= 4 is 11.0 Å². The molecule has 272 valence electrons. The second-order valence-corrected chi connectivity index (χ2v) is 15.3. The zero-order valence-corrected chi connectivity index (χ0v) is 31.5. The predicted octanol–water partition coefficient (Wildman–Crippen LogP) is 13.3. The lowest BCUT2D eigenvalue weighted by molar-refractivity contribution is 0.477. The fraction of sp³-hybridized carbons (Fsp3) is 0.176. The van der Waals surface area contributed by atoms with E-state index >= 15 is 0 Å². The van der Waals surface area contributed by atoms with Crippen molar-refractivity contribution in [2.24, 2.45) is 5.92 Å². The van der Waals surface area contributed by atoms with E-state index < -0.39 is 65.8 Å². The molecule has 0 aliphatic heterocycles. The molecular weight excluding hydrogens is 671 g/mol. The SMILES string of the molecule is [2H]c1nc(-c2cc(-c3cccc4c3nc(-c3ccccc3O)n4-c3ccc(CC(C)C)cc3-c3ccccc3)cc(C(C)(C)C)c2)c([2H])c(-c2c([2H])c([2H])c(C([2H])([2H])[2H])c([2H])c2[2H])c1[2H]. The number of aromatic hydroxyl groups is 1. The van der Waals surface area contributed by atoms with Crippen molar-refractivity contribution in [3.8, 4) is 67.5 Å². The summed E-state index contributed by atoms with van der Waals surface area (Å²) in [7, 11) is 0.